The van der Waals surface area contributed by atoms with Crippen LogP contribution in [0.15, 0.2) is 23.8 Å². The molecule has 0 aromatic carbocycles. The van der Waals surface area contributed by atoms with Gasteiger partial charge >= 0.3 is 5.97 Å². The third-order valence-corrected chi connectivity index (χ3v) is 2.24. The average Bonchev–Trinajstić information content (AvgIpc) is 2.08. The zero-order valence-electron chi connectivity index (χ0n) is 8.30. The third-order valence-electron chi connectivity index (χ3n) is 2.24. The summed E-state index contributed by atoms with van der Waals surface area (Å²) in [7, 11) is 0. The molecule has 1 aliphatic rings. The van der Waals surface area contributed by atoms with E-state index in [0.29, 0.717) is 5.57 Å². The van der Waals surface area contributed by atoms with Gasteiger partial charge in [-0.25, -0.2) is 4.79 Å². The Labute approximate surface area is 79.3 Å². The highest BCUT2D eigenvalue weighted by molar-refractivity contribution is 5.87. The zero-order valence-corrected chi connectivity index (χ0v) is 8.30. The Bertz CT molecular complexity index is 251. The van der Waals surface area contributed by atoms with Crippen LogP contribution >= 0.6 is 0 Å². The number of esters is 1. The molecule has 1 rings (SSSR count). The normalized spacial score (nSPS) is 22.0. The zero-order chi connectivity index (χ0) is 9.84. The maximum absolute atomic E-state index is 11.2. The molecule has 0 radical (unpaired) electrons. The van der Waals surface area contributed by atoms with Gasteiger partial charge in [0, 0.05) is 5.57 Å². The van der Waals surface area contributed by atoms with Crippen LogP contribution in [0, 0.1) is 0 Å². The molecule has 72 valence electrons. The van der Waals surface area contributed by atoms with Crippen molar-refractivity contribution in [2.45, 2.75) is 39.2 Å². The van der Waals surface area contributed by atoms with E-state index in [0.717, 1.165) is 19.3 Å². The Morgan fingerprint density at radius 1 is 1.69 bits per heavy atom. The van der Waals surface area contributed by atoms with Crippen molar-refractivity contribution in [2.75, 3.05) is 0 Å². The Hall–Kier alpha value is -1.05. The van der Waals surface area contributed by atoms with Crippen molar-refractivity contribution in [3.05, 3.63) is 23.8 Å². The fraction of sp³-hybridized carbons (Fsp3) is 0.545. The lowest BCUT2D eigenvalue weighted by atomic mass is 9.98. The van der Waals surface area contributed by atoms with E-state index in [1.165, 1.54) is 5.57 Å². The van der Waals surface area contributed by atoms with Gasteiger partial charge < -0.3 is 4.74 Å². The predicted octanol–water partition coefficient (Wildman–Crippen LogP) is 2.60. The highest BCUT2D eigenvalue weighted by Gasteiger charge is 2.18. The van der Waals surface area contributed by atoms with Crippen LogP contribution in [0.4, 0.5) is 0 Å². The third kappa shape index (κ3) is 2.72. The second-order valence-electron chi connectivity index (χ2n) is 3.55. The first-order valence-corrected chi connectivity index (χ1v) is 4.64. The van der Waals surface area contributed by atoms with Crippen molar-refractivity contribution in [1.29, 1.82) is 0 Å². The Morgan fingerprint density at radius 2 is 2.38 bits per heavy atom. The first kappa shape index (κ1) is 10.0. The molecule has 1 unspecified atom stereocenters. The van der Waals surface area contributed by atoms with Crippen LogP contribution in [-0.4, -0.2) is 12.1 Å². The van der Waals surface area contributed by atoms with Crippen molar-refractivity contribution < 1.29 is 9.53 Å². The van der Waals surface area contributed by atoms with Gasteiger partial charge in [-0.3, -0.25) is 0 Å². The molecule has 0 aromatic heterocycles. The minimum Gasteiger partial charge on any atom is -0.455 e. The van der Waals surface area contributed by atoms with Crippen molar-refractivity contribution in [3.8, 4) is 0 Å². The lowest BCUT2D eigenvalue weighted by Gasteiger charge is -2.21. The van der Waals surface area contributed by atoms with Gasteiger partial charge in [-0.05, 0) is 38.7 Å². The molecule has 0 spiro atoms. The van der Waals surface area contributed by atoms with Gasteiger partial charge in [-0.15, -0.1) is 0 Å². The predicted molar refractivity (Wildman–Crippen MR) is 52.3 cm³/mol. The summed E-state index contributed by atoms with van der Waals surface area (Å²) < 4.78 is 5.26. The van der Waals surface area contributed by atoms with E-state index in [9.17, 15) is 4.79 Å². The van der Waals surface area contributed by atoms with Crippen LogP contribution in [-0.2, 0) is 9.53 Å². The van der Waals surface area contributed by atoms with Crippen molar-refractivity contribution in [2.24, 2.45) is 0 Å². The molecule has 0 saturated carbocycles. The Kier molecular flexibility index (Phi) is 3.29. The molecule has 2 nitrogen and oxygen atoms in total. The topological polar surface area (TPSA) is 26.3 Å². The van der Waals surface area contributed by atoms with E-state index < -0.39 is 0 Å². The molecular weight excluding hydrogens is 164 g/mol. The van der Waals surface area contributed by atoms with Gasteiger partial charge in [0.25, 0.3) is 0 Å². The molecule has 0 bridgehead atoms. The Morgan fingerprint density at radius 3 is 2.92 bits per heavy atom. The largest absolute Gasteiger partial charge is 0.455 e. The van der Waals surface area contributed by atoms with Crippen LogP contribution in [0.1, 0.15) is 33.1 Å². The highest BCUT2D eigenvalue weighted by atomic mass is 16.5. The molecule has 2 heteroatoms. The molecule has 0 aliphatic heterocycles. The fourth-order valence-electron chi connectivity index (χ4n) is 1.37. The molecule has 13 heavy (non-hydrogen) atoms. The summed E-state index contributed by atoms with van der Waals surface area (Å²) in [5.41, 5.74) is 1.64. The Balaban J connectivity index is 2.53. The minimum atomic E-state index is -0.278. The molecule has 1 atom stereocenters. The summed E-state index contributed by atoms with van der Waals surface area (Å²) in [6.07, 6.45) is 5.28. The van der Waals surface area contributed by atoms with Gasteiger partial charge in [-0.2, -0.15) is 0 Å². The van der Waals surface area contributed by atoms with E-state index in [-0.39, 0.29) is 12.1 Å². The van der Waals surface area contributed by atoms with Crippen molar-refractivity contribution in [3.63, 3.8) is 0 Å². The summed E-state index contributed by atoms with van der Waals surface area (Å²) >= 11 is 0. The van der Waals surface area contributed by atoms with E-state index in [4.69, 9.17) is 4.74 Å². The van der Waals surface area contributed by atoms with Crippen molar-refractivity contribution >= 4 is 5.97 Å². The van der Waals surface area contributed by atoms with Crippen LogP contribution < -0.4 is 0 Å². The maximum atomic E-state index is 11.2. The number of carbonyl (C=O) groups excluding carboxylic acids is 1. The van der Waals surface area contributed by atoms with Crippen LogP contribution in [0.25, 0.3) is 0 Å². The molecular formula is C11H16O2. The smallest absolute Gasteiger partial charge is 0.333 e. The second-order valence-corrected chi connectivity index (χ2v) is 3.55. The standard InChI is InChI=1S/C11H16O2/c1-8(2)11(12)13-10-7-5-4-6-9(10)3/h6,10H,1,4-5,7H2,2-3H3. The first-order valence-electron chi connectivity index (χ1n) is 4.64. The first-order chi connectivity index (χ1) is 6.11. The quantitative estimate of drug-likeness (QED) is 0.371. The molecule has 0 N–H and O–H groups in total. The van der Waals surface area contributed by atoms with Crippen LogP contribution in [0.5, 0.6) is 0 Å². The maximum Gasteiger partial charge on any atom is 0.333 e. The number of allylic oxidation sites excluding steroid dienone is 1. The molecule has 1 aliphatic carbocycles. The van der Waals surface area contributed by atoms with Gasteiger partial charge in [0.1, 0.15) is 6.10 Å². The molecule has 0 aromatic rings. The summed E-state index contributed by atoms with van der Waals surface area (Å²) in [5, 5.41) is 0. The fourth-order valence-corrected chi connectivity index (χ4v) is 1.37. The van der Waals surface area contributed by atoms with E-state index in [1.807, 2.05) is 6.92 Å². The molecule has 0 heterocycles. The number of hydrogen-bond donors (Lipinski definition) is 0. The number of ether oxygens (including phenoxy) is 1. The lowest BCUT2D eigenvalue weighted by Crippen LogP contribution is -2.21. The number of carbonyl (C=O) groups is 1. The van der Waals surface area contributed by atoms with Crippen LogP contribution in [0.2, 0.25) is 0 Å². The summed E-state index contributed by atoms with van der Waals surface area (Å²) in [6.45, 7) is 7.23. The summed E-state index contributed by atoms with van der Waals surface area (Å²) in [6, 6.07) is 0. The lowest BCUT2D eigenvalue weighted by molar-refractivity contribution is -0.143. The molecule has 0 saturated heterocycles. The van der Waals surface area contributed by atoms with E-state index >= 15 is 0 Å². The van der Waals surface area contributed by atoms with Gasteiger partial charge in [0.05, 0.1) is 0 Å². The SMILES string of the molecule is C=C(C)C(=O)OC1CCCC=C1C. The summed E-state index contributed by atoms with van der Waals surface area (Å²) in [4.78, 5) is 11.2. The van der Waals surface area contributed by atoms with Gasteiger partial charge in [0.2, 0.25) is 0 Å². The number of rotatable bonds is 2. The number of hydrogen-bond acceptors (Lipinski definition) is 2. The van der Waals surface area contributed by atoms with E-state index in [1.54, 1.807) is 6.92 Å². The molecule has 0 fully saturated rings. The minimum absolute atomic E-state index is 0.0158. The van der Waals surface area contributed by atoms with Gasteiger partial charge in [0.15, 0.2) is 0 Å². The second kappa shape index (κ2) is 4.26. The van der Waals surface area contributed by atoms with Crippen molar-refractivity contribution in [1.82, 2.24) is 0 Å². The van der Waals surface area contributed by atoms with Crippen LogP contribution in [0.3, 0.4) is 0 Å². The monoisotopic (exact) mass is 180 g/mol. The molecule has 0 amide bonds. The average molecular weight is 180 g/mol. The highest BCUT2D eigenvalue weighted by Crippen LogP contribution is 2.21. The van der Waals surface area contributed by atoms with E-state index in [2.05, 4.69) is 12.7 Å². The van der Waals surface area contributed by atoms with Gasteiger partial charge in [-0.1, -0.05) is 12.7 Å². The summed E-state index contributed by atoms with van der Waals surface area (Å²) in [5.74, 6) is -0.278.